The van der Waals surface area contributed by atoms with E-state index in [1.807, 2.05) is 44.2 Å². The van der Waals surface area contributed by atoms with Crippen LogP contribution in [0, 0.1) is 26.6 Å². The van der Waals surface area contributed by atoms with Gasteiger partial charge in [0.1, 0.15) is 24.5 Å². The fourth-order valence-electron chi connectivity index (χ4n) is 6.26. The third-order valence-corrected chi connectivity index (χ3v) is 9.13. The number of rotatable bonds is 13. The average Bonchev–Trinajstić information content (AvgIpc) is 3.56. The summed E-state index contributed by atoms with van der Waals surface area (Å²) in [5.41, 5.74) is 3.87. The number of aromatic nitrogens is 4. The number of amides is 1. The predicted octanol–water partition coefficient (Wildman–Crippen LogP) is 7.19. The SMILES string of the molecule is Cc1noc(CCc2cccc(N(C(=O)Oc3c(C)cccc3C)c3ccncn3)c2Nc2ccc(OCCN3CCN(C(C)C)CC3)c(F)c2)n1. The van der Waals surface area contributed by atoms with Crippen molar-refractivity contribution in [1.82, 2.24) is 29.9 Å². The number of hydrogen-bond acceptors (Lipinski definition) is 11. The minimum atomic E-state index is -0.677. The van der Waals surface area contributed by atoms with Gasteiger partial charge in [-0.25, -0.2) is 24.1 Å². The molecule has 0 unspecified atom stereocenters. The molecule has 12 nitrogen and oxygen atoms in total. The zero-order valence-electron chi connectivity index (χ0n) is 30.3. The Morgan fingerprint density at radius 2 is 1.77 bits per heavy atom. The number of hydrogen-bond donors (Lipinski definition) is 1. The van der Waals surface area contributed by atoms with Gasteiger partial charge in [0.05, 0.1) is 11.4 Å². The summed E-state index contributed by atoms with van der Waals surface area (Å²) in [5.74, 6) is 1.44. The fraction of sp³-hybridized carbons (Fsp3) is 0.359. The van der Waals surface area contributed by atoms with Gasteiger partial charge in [0.25, 0.3) is 0 Å². The lowest BCUT2D eigenvalue weighted by molar-refractivity contribution is 0.0965. The molecule has 52 heavy (non-hydrogen) atoms. The van der Waals surface area contributed by atoms with Gasteiger partial charge in [-0.05, 0) is 82.0 Å². The number of anilines is 4. The van der Waals surface area contributed by atoms with E-state index in [4.69, 9.17) is 14.0 Å². The summed E-state index contributed by atoms with van der Waals surface area (Å²) in [4.78, 5) is 33.2. The van der Waals surface area contributed by atoms with Gasteiger partial charge in [-0.15, -0.1) is 0 Å². The summed E-state index contributed by atoms with van der Waals surface area (Å²) < 4.78 is 32.9. The number of halogens is 1. The largest absolute Gasteiger partial charge is 0.489 e. The van der Waals surface area contributed by atoms with Crippen molar-refractivity contribution in [2.45, 2.75) is 53.5 Å². The molecule has 5 aromatic rings. The predicted molar refractivity (Wildman–Crippen MR) is 197 cm³/mol. The molecule has 272 valence electrons. The number of nitrogens with zero attached hydrogens (tertiary/aromatic N) is 7. The van der Waals surface area contributed by atoms with E-state index in [0.29, 0.717) is 65.8 Å². The second-order valence-electron chi connectivity index (χ2n) is 13.1. The Hall–Kier alpha value is -5.40. The maximum absolute atomic E-state index is 15.6. The molecule has 0 aliphatic carbocycles. The number of para-hydroxylation sites is 2. The number of nitrogens with one attached hydrogen (secondary N) is 1. The molecule has 1 saturated heterocycles. The van der Waals surface area contributed by atoms with Crippen LogP contribution in [0.1, 0.15) is 42.3 Å². The standard InChI is InChI=1S/C39H45FN8O4/c1-26(2)47-20-18-46(19-21-47)22-23-50-34-14-13-31(24-32(34)40)44-37-30(12-15-36-43-29(5)45-52-36)10-7-11-33(37)48(35-16-17-41-25-42-35)39(49)51-38-27(3)8-6-9-28(38)4/h6-11,13-14,16-17,24-26,44H,12,15,18-23H2,1-5H3. The van der Waals surface area contributed by atoms with Crippen molar-refractivity contribution in [2.24, 2.45) is 0 Å². The first-order valence-electron chi connectivity index (χ1n) is 17.6. The molecule has 13 heteroatoms. The highest BCUT2D eigenvalue weighted by atomic mass is 19.1. The van der Waals surface area contributed by atoms with E-state index < -0.39 is 11.9 Å². The van der Waals surface area contributed by atoms with E-state index in [2.05, 4.69) is 49.1 Å². The van der Waals surface area contributed by atoms with Crippen LogP contribution in [-0.2, 0) is 12.8 Å². The minimum absolute atomic E-state index is 0.173. The van der Waals surface area contributed by atoms with Crippen LogP contribution in [0.15, 0.2) is 77.7 Å². The van der Waals surface area contributed by atoms with Crippen molar-refractivity contribution in [3.8, 4) is 11.5 Å². The number of piperazine rings is 1. The van der Waals surface area contributed by atoms with Gasteiger partial charge >= 0.3 is 6.09 Å². The second kappa shape index (κ2) is 16.7. The molecule has 0 spiro atoms. The first kappa shape index (κ1) is 36.4. The highest BCUT2D eigenvalue weighted by molar-refractivity contribution is 6.00. The maximum atomic E-state index is 15.6. The molecule has 2 aromatic heterocycles. The zero-order valence-corrected chi connectivity index (χ0v) is 30.3. The van der Waals surface area contributed by atoms with Crippen molar-refractivity contribution in [1.29, 1.82) is 0 Å². The normalized spacial score (nSPS) is 13.7. The molecule has 3 heterocycles. The Balaban J connectivity index is 1.28. The summed E-state index contributed by atoms with van der Waals surface area (Å²) in [6.45, 7) is 15.0. The highest BCUT2D eigenvalue weighted by Gasteiger charge is 2.27. The molecule has 6 rings (SSSR count). The van der Waals surface area contributed by atoms with Gasteiger partial charge < -0.3 is 19.3 Å². The molecular formula is C39H45FN8O4. The van der Waals surface area contributed by atoms with Crippen LogP contribution in [-0.4, -0.2) is 81.4 Å². The molecule has 3 aromatic carbocycles. The van der Waals surface area contributed by atoms with Crippen molar-refractivity contribution >= 4 is 29.0 Å². The molecule has 1 aliphatic rings. The zero-order chi connectivity index (χ0) is 36.6. The number of carbonyl (C=O) groups is 1. The van der Waals surface area contributed by atoms with Crippen LogP contribution in [0.2, 0.25) is 0 Å². The summed E-state index contributed by atoms with van der Waals surface area (Å²) in [6.07, 6.45) is 3.15. The van der Waals surface area contributed by atoms with Crippen LogP contribution in [0.4, 0.5) is 32.1 Å². The first-order valence-corrected chi connectivity index (χ1v) is 17.6. The monoisotopic (exact) mass is 708 g/mol. The third kappa shape index (κ3) is 8.90. The summed E-state index contributed by atoms with van der Waals surface area (Å²) in [6, 6.07) is 18.2. The van der Waals surface area contributed by atoms with Crippen LogP contribution >= 0.6 is 0 Å². The highest BCUT2D eigenvalue weighted by Crippen LogP contribution is 2.38. The smallest absolute Gasteiger partial charge is 0.425 e. The molecule has 1 N–H and O–H groups in total. The molecule has 0 bridgehead atoms. The van der Waals surface area contributed by atoms with Gasteiger partial charge in [-0.3, -0.25) is 9.80 Å². The van der Waals surface area contributed by atoms with E-state index >= 15 is 4.39 Å². The fourth-order valence-corrected chi connectivity index (χ4v) is 6.26. The van der Waals surface area contributed by atoms with Gasteiger partial charge in [0.2, 0.25) is 5.89 Å². The lowest BCUT2D eigenvalue weighted by Crippen LogP contribution is -2.49. The van der Waals surface area contributed by atoms with Gasteiger partial charge in [-0.1, -0.05) is 35.5 Å². The summed E-state index contributed by atoms with van der Waals surface area (Å²) in [5, 5.41) is 7.31. The topological polar surface area (TPSA) is 122 Å². The minimum Gasteiger partial charge on any atom is -0.489 e. The Morgan fingerprint density at radius 1 is 1.00 bits per heavy atom. The van der Waals surface area contributed by atoms with Crippen molar-refractivity contribution < 1.29 is 23.2 Å². The third-order valence-electron chi connectivity index (χ3n) is 9.13. The van der Waals surface area contributed by atoms with Gasteiger partial charge in [-0.2, -0.15) is 4.98 Å². The Labute approximate surface area is 303 Å². The van der Waals surface area contributed by atoms with E-state index in [-0.39, 0.29) is 5.75 Å². The molecule has 0 saturated carbocycles. The quantitative estimate of drug-likeness (QED) is 0.134. The molecule has 1 aliphatic heterocycles. The van der Waals surface area contributed by atoms with Crippen molar-refractivity contribution in [3.63, 3.8) is 0 Å². The van der Waals surface area contributed by atoms with Crippen LogP contribution in [0.5, 0.6) is 11.5 Å². The lowest BCUT2D eigenvalue weighted by Gasteiger charge is -2.36. The van der Waals surface area contributed by atoms with Crippen LogP contribution in [0.3, 0.4) is 0 Å². The Morgan fingerprint density at radius 3 is 2.44 bits per heavy atom. The second-order valence-corrected chi connectivity index (χ2v) is 13.1. The maximum Gasteiger partial charge on any atom is 0.425 e. The Bertz CT molecular complexity index is 1940. The molecule has 0 radical (unpaired) electrons. The summed E-state index contributed by atoms with van der Waals surface area (Å²) >= 11 is 0. The number of carbonyl (C=O) groups excluding carboxylic acids is 1. The first-order chi connectivity index (χ1) is 25.2. The van der Waals surface area contributed by atoms with Crippen LogP contribution in [0.25, 0.3) is 0 Å². The van der Waals surface area contributed by atoms with Gasteiger partial charge in [0, 0.05) is 63.1 Å². The molecule has 1 fully saturated rings. The van der Waals surface area contributed by atoms with E-state index in [9.17, 15) is 4.79 Å². The van der Waals surface area contributed by atoms with E-state index in [1.54, 1.807) is 37.4 Å². The average molecular weight is 709 g/mol. The number of aryl methyl sites for hydroxylation is 5. The van der Waals surface area contributed by atoms with E-state index in [0.717, 1.165) is 49.4 Å². The molecular weight excluding hydrogens is 663 g/mol. The number of benzene rings is 3. The van der Waals surface area contributed by atoms with Gasteiger partial charge in [0.15, 0.2) is 17.4 Å². The molecule has 0 atom stereocenters. The van der Waals surface area contributed by atoms with E-state index in [1.165, 1.54) is 17.3 Å². The Kier molecular flexibility index (Phi) is 11.7. The number of ether oxygens (including phenoxy) is 2. The van der Waals surface area contributed by atoms with Crippen molar-refractivity contribution in [3.05, 3.63) is 107 Å². The summed E-state index contributed by atoms with van der Waals surface area (Å²) in [7, 11) is 0. The lowest BCUT2D eigenvalue weighted by atomic mass is 10.0. The van der Waals surface area contributed by atoms with Crippen LogP contribution < -0.4 is 19.7 Å². The molecule has 1 amide bonds. The van der Waals surface area contributed by atoms with Crippen molar-refractivity contribution in [2.75, 3.05) is 49.5 Å².